The fourth-order valence-electron chi connectivity index (χ4n) is 2.63. The maximum absolute atomic E-state index is 12.4. The maximum atomic E-state index is 12.4. The maximum Gasteiger partial charge on any atom is 0.279 e. The van der Waals surface area contributed by atoms with E-state index < -0.39 is 0 Å². The van der Waals surface area contributed by atoms with Crippen molar-refractivity contribution in [1.82, 2.24) is 4.57 Å². The quantitative estimate of drug-likeness (QED) is 0.667. The van der Waals surface area contributed by atoms with Crippen molar-refractivity contribution in [3.8, 4) is 0 Å². The summed E-state index contributed by atoms with van der Waals surface area (Å²) in [7, 11) is 1.93. The van der Waals surface area contributed by atoms with Crippen molar-refractivity contribution in [1.29, 1.82) is 0 Å². The summed E-state index contributed by atoms with van der Waals surface area (Å²) < 4.78 is 3.07. The van der Waals surface area contributed by atoms with E-state index in [-0.39, 0.29) is 11.7 Å². The zero-order valence-electron chi connectivity index (χ0n) is 14.1. The Hall–Kier alpha value is -2.53. The Morgan fingerprint density at radius 2 is 1.62 bits per heavy atom. The second kappa shape index (κ2) is 6.17. The van der Waals surface area contributed by atoms with Crippen molar-refractivity contribution in [3.63, 3.8) is 0 Å². The number of carbonyl (C=O) groups is 2. The van der Waals surface area contributed by atoms with Crippen molar-refractivity contribution in [2.45, 2.75) is 20.8 Å². The molecule has 0 bridgehead atoms. The van der Waals surface area contributed by atoms with Gasteiger partial charge in [-0.05, 0) is 50.1 Å². The average molecular weight is 338 g/mol. The molecule has 0 spiro atoms. The van der Waals surface area contributed by atoms with Gasteiger partial charge in [-0.1, -0.05) is 29.5 Å². The number of hydrogen-bond acceptors (Lipinski definition) is 3. The molecule has 0 fully saturated rings. The molecule has 3 aromatic rings. The van der Waals surface area contributed by atoms with Crippen molar-refractivity contribution >= 4 is 33.2 Å². The molecule has 0 saturated carbocycles. The molecule has 0 aliphatic heterocycles. The van der Waals surface area contributed by atoms with Gasteiger partial charge in [0.2, 0.25) is 0 Å². The van der Waals surface area contributed by atoms with Crippen LogP contribution in [0.1, 0.15) is 38.8 Å². The molecule has 0 unspecified atom stereocenters. The summed E-state index contributed by atoms with van der Waals surface area (Å²) >= 11 is 1.50. The van der Waals surface area contributed by atoms with Gasteiger partial charge in [0.05, 0.1) is 10.2 Å². The minimum atomic E-state index is -0.304. The summed E-state index contributed by atoms with van der Waals surface area (Å²) in [5, 5.41) is 0. The van der Waals surface area contributed by atoms with Gasteiger partial charge in [0.15, 0.2) is 10.6 Å². The minimum Gasteiger partial charge on any atom is -0.319 e. The predicted octanol–water partition coefficient (Wildman–Crippen LogP) is 3.80. The Balaban J connectivity index is 2.06. The Labute approximate surface area is 144 Å². The van der Waals surface area contributed by atoms with Gasteiger partial charge in [-0.25, -0.2) is 0 Å². The predicted molar refractivity (Wildman–Crippen MR) is 96.6 cm³/mol. The first-order chi connectivity index (χ1) is 11.4. The summed E-state index contributed by atoms with van der Waals surface area (Å²) in [6.07, 6.45) is 0. The van der Waals surface area contributed by atoms with Crippen LogP contribution < -0.4 is 4.80 Å². The molecular formula is C19H18N2O2S. The molecule has 0 aliphatic carbocycles. The molecule has 4 nitrogen and oxygen atoms in total. The second-order valence-electron chi connectivity index (χ2n) is 5.85. The fraction of sp³-hybridized carbons (Fsp3) is 0.211. The molecule has 1 aromatic heterocycles. The van der Waals surface area contributed by atoms with Gasteiger partial charge < -0.3 is 4.57 Å². The summed E-state index contributed by atoms with van der Waals surface area (Å²) in [5.74, 6) is -0.325. The topological polar surface area (TPSA) is 51.4 Å². The van der Waals surface area contributed by atoms with Crippen LogP contribution in [0, 0.1) is 13.8 Å². The SMILES string of the molecule is CC(=O)c1ccc(C(=O)N=c2sc3ccc(C)c(C)c3n2C)cc1. The van der Waals surface area contributed by atoms with Crippen LogP contribution in [-0.4, -0.2) is 16.3 Å². The smallest absolute Gasteiger partial charge is 0.279 e. The van der Waals surface area contributed by atoms with Gasteiger partial charge >= 0.3 is 0 Å². The monoisotopic (exact) mass is 338 g/mol. The third kappa shape index (κ3) is 2.83. The standard InChI is InChI=1S/C19H18N2O2S/c1-11-5-10-16-17(12(11)2)21(4)19(24-16)20-18(23)15-8-6-14(7-9-15)13(3)22/h5-10H,1-4H3. The van der Waals surface area contributed by atoms with Gasteiger partial charge in [0, 0.05) is 18.2 Å². The number of hydrogen-bond donors (Lipinski definition) is 0. The van der Waals surface area contributed by atoms with Gasteiger partial charge in [-0.15, -0.1) is 0 Å². The van der Waals surface area contributed by atoms with E-state index in [4.69, 9.17) is 0 Å². The minimum absolute atomic E-state index is 0.0207. The zero-order valence-corrected chi connectivity index (χ0v) is 14.9. The van der Waals surface area contributed by atoms with Crippen LogP contribution in [-0.2, 0) is 7.05 Å². The highest BCUT2D eigenvalue weighted by atomic mass is 32.1. The van der Waals surface area contributed by atoms with Crippen LogP contribution in [0.5, 0.6) is 0 Å². The zero-order chi connectivity index (χ0) is 17.4. The fourth-order valence-corrected chi connectivity index (χ4v) is 3.71. The molecule has 0 radical (unpaired) electrons. The third-order valence-electron chi connectivity index (χ3n) is 4.22. The van der Waals surface area contributed by atoms with E-state index in [1.807, 2.05) is 11.6 Å². The molecule has 0 aliphatic rings. The molecule has 24 heavy (non-hydrogen) atoms. The molecule has 122 valence electrons. The van der Waals surface area contributed by atoms with Crippen LogP contribution >= 0.6 is 11.3 Å². The molecule has 3 rings (SSSR count). The number of fused-ring (bicyclic) bond motifs is 1. The average Bonchev–Trinajstić information content (AvgIpc) is 2.87. The highest BCUT2D eigenvalue weighted by Gasteiger charge is 2.10. The number of nitrogens with zero attached hydrogens (tertiary/aromatic N) is 2. The van der Waals surface area contributed by atoms with Gasteiger partial charge in [-0.2, -0.15) is 4.99 Å². The first kappa shape index (κ1) is 16.3. The highest BCUT2D eigenvalue weighted by molar-refractivity contribution is 7.16. The summed E-state index contributed by atoms with van der Waals surface area (Å²) in [4.78, 5) is 28.7. The Bertz CT molecular complexity index is 1020. The van der Waals surface area contributed by atoms with E-state index in [0.717, 1.165) is 10.2 Å². The molecule has 1 amide bonds. The number of amides is 1. The van der Waals surface area contributed by atoms with Crippen molar-refractivity contribution in [2.75, 3.05) is 0 Å². The van der Waals surface area contributed by atoms with Crippen LogP contribution in [0.15, 0.2) is 41.4 Å². The van der Waals surface area contributed by atoms with Crippen molar-refractivity contribution in [3.05, 3.63) is 63.5 Å². The summed E-state index contributed by atoms with van der Waals surface area (Å²) in [5.41, 5.74) is 4.59. The van der Waals surface area contributed by atoms with E-state index in [2.05, 4.69) is 31.0 Å². The Morgan fingerprint density at radius 3 is 2.25 bits per heavy atom. The molecule has 1 heterocycles. The number of benzene rings is 2. The lowest BCUT2D eigenvalue weighted by molar-refractivity contribution is 0.0991. The van der Waals surface area contributed by atoms with Crippen LogP contribution in [0.25, 0.3) is 10.2 Å². The second-order valence-corrected chi connectivity index (χ2v) is 6.86. The Kier molecular flexibility index (Phi) is 4.20. The number of thiazole rings is 1. The Morgan fingerprint density at radius 1 is 1.00 bits per heavy atom. The van der Waals surface area contributed by atoms with Crippen molar-refractivity contribution in [2.24, 2.45) is 12.0 Å². The van der Waals surface area contributed by atoms with E-state index in [1.54, 1.807) is 24.3 Å². The number of Topliss-reactive ketones (excluding diaryl/α,β-unsaturated/α-hetero) is 1. The number of ketones is 1. The summed E-state index contributed by atoms with van der Waals surface area (Å²) in [6, 6.07) is 10.7. The highest BCUT2D eigenvalue weighted by Crippen LogP contribution is 2.23. The third-order valence-corrected chi connectivity index (χ3v) is 5.32. The van der Waals surface area contributed by atoms with Gasteiger partial charge in [-0.3, -0.25) is 9.59 Å². The van der Waals surface area contributed by atoms with E-state index in [0.29, 0.717) is 15.9 Å². The van der Waals surface area contributed by atoms with Crippen LogP contribution in [0.2, 0.25) is 0 Å². The number of carbonyl (C=O) groups excluding carboxylic acids is 2. The first-order valence-corrected chi connectivity index (χ1v) is 8.46. The van der Waals surface area contributed by atoms with E-state index in [9.17, 15) is 9.59 Å². The number of aryl methyl sites for hydroxylation is 3. The molecule has 0 saturated heterocycles. The largest absolute Gasteiger partial charge is 0.319 e. The van der Waals surface area contributed by atoms with Crippen molar-refractivity contribution < 1.29 is 9.59 Å². The normalized spacial score (nSPS) is 11.9. The van der Waals surface area contributed by atoms with E-state index >= 15 is 0 Å². The first-order valence-electron chi connectivity index (χ1n) is 7.64. The lowest BCUT2D eigenvalue weighted by Crippen LogP contribution is -2.13. The number of aromatic nitrogens is 1. The lowest BCUT2D eigenvalue weighted by atomic mass is 10.1. The van der Waals surface area contributed by atoms with E-state index in [1.165, 1.54) is 29.4 Å². The molecular weight excluding hydrogens is 320 g/mol. The van der Waals surface area contributed by atoms with Crippen LogP contribution in [0.4, 0.5) is 0 Å². The molecule has 2 aromatic carbocycles. The molecule has 0 atom stereocenters. The summed E-state index contributed by atoms with van der Waals surface area (Å²) in [6.45, 7) is 5.66. The molecule has 5 heteroatoms. The van der Waals surface area contributed by atoms with Gasteiger partial charge in [0.1, 0.15) is 0 Å². The molecule has 0 N–H and O–H groups in total. The number of rotatable bonds is 2. The van der Waals surface area contributed by atoms with Crippen LogP contribution in [0.3, 0.4) is 0 Å². The van der Waals surface area contributed by atoms with Gasteiger partial charge in [0.25, 0.3) is 5.91 Å². The lowest BCUT2D eigenvalue weighted by Gasteiger charge is -2.03.